The van der Waals surface area contributed by atoms with Gasteiger partial charge in [0.2, 0.25) is 0 Å². The van der Waals surface area contributed by atoms with Gasteiger partial charge in [-0.2, -0.15) is 0 Å². The van der Waals surface area contributed by atoms with E-state index >= 15 is 0 Å². The van der Waals surface area contributed by atoms with Crippen molar-refractivity contribution in [2.75, 3.05) is 0 Å². The van der Waals surface area contributed by atoms with Gasteiger partial charge in [-0.05, 0) is 80.2 Å². The molecule has 0 heterocycles. The Kier molecular flexibility index (Phi) is 8.13. The molecule has 30 heavy (non-hydrogen) atoms. The summed E-state index contributed by atoms with van der Waals surface area (Å²) in [7, 11) is -1.22. The maximum absolute atomic E-state index is 12.2. The number of benzene rings is 2. The highest BCUT2D eigenvalue weighted by molar-refractivity contribution is 6.48. The summed E-state index contributed by atoms with van der Waals surface area (Å²) in [5.74, 6) is 1.11. The van der Waals surface area contributed by atoms with E-state index in [1.165, 1.54) is 24.3 Å². The zero-order chi connectivity index (χ0) is 22.4. The summed E-state index contributed by atoms with van der Waals surface area (Å²) >= 11 is 0. The molecule has 1 unspecified atom stereocenters. The van der Waals surface area contributed by atoms with Gasteiger partial charge in [0.1, 0.15) is 11.5 Å². The summed E-state index contributed by atoms with van der Waals surface area (Å²) < 4.78 is 16.8. The number of nitrogens with zero attached hydrogens (tertiary/aromatic N) is 1. The molecular weight excluding hydrogens is 402 g/mol. The minimum Gasteiger partial charge on any atom is -0.414 e. The molecule has 0 saturated heterocycles. The van der Waals surface area contributed by atoms with E-state index in [1.807, 2.05) is 26.0 Å². The van der Waals surface area contributed by atoms with E-state index in [-0.39, 0.29) is 17.5 Å². The average molecular weight is 432 g/mol. The fourth-order valence-corrected chi connectivity index (χ4v) is 4.12. The molecule has 0 saturated carbocycles. The zero-order valence-corrected chi connectivity index (χ0v) is 19.5. The minimum atomic E-state index is -1.22. The van der Waals surface area contributed by atoms with Gasteiger partial charge in [0.25, 0.3) is 5.69 Å². The Labute approximate surface area is 178 Å². The van der Waals surface area contributed by atoms with Crippen molar-refractivity contribution in [2.45, 2.75) is 53.3 Å². The number of hydrogen-bond acceptors (Lipinski definition) is 6. The summed E-state index contributed by atoms with van der Waals surface area (Å²) in [6.45, 7) is 12.4. The lowest BCUT2D eigenvalue weighted by atomic mass is 9.96. The number of carbonyl (C=O) groups excluding carboxylic acids is 1. The lowest BCUT2D eigenvalue weighted by Gasteiger charge is -2.24. The predicted octanol–water partition coefficient (Wildman–Crippen LogP) is 5.88. The minimum absolute atomic E-state index is 0.0233. The summed E-state index contributed by atoms with van der Waals surface area (Å²) in [5, 5.41) is 10.7. The van der Waals surface area contributed by atoms with Crippen LogP contribution in [0.1, 0.15) is 43.1 Å². The molecule has 0 amide bonds. The third-order valence-corrected chi connectivity index (χ3v) is 5.28. The SMILES string of the molecule is Cc1cc(C(CC(C)C)O[SiH](C)C)cc(C)c1OC(=O)Oc1ccc([N+](=O)[O-])cc1. The lowest BCUT2D eigenvalue weighted by Crippen LogP contribution is -2.17. The second-order valence-corrected chi connectivity index (χ2v) is 10.4. The highest BCUT2D eigenvalue weighted by atomic mass is 28.3. The molecule has 0 aliphatic rings. The molecule has 0 aliphatic heterocycles. The molecule has 162 valence electrons. The van der Waals surface area contributed by atoms with Crippen LogP contribution in [-0.4, -0.2) is 20.1 Å². The molecule has 0 aliphatic carbocycles. The first-order valence-corrected chi connectivity index (χ1v) is 12.8. The first kappa shape index (κ1) is 23.6. The molecule has 0 bridgehead atoms. The van der Waals surface area contributed by atoms with Crippen LogP contribution in [-0.2, 0) is 4.43 Å². The van der Waals surface area contributed by atoms with E-state index in [2.05, 4.69) is 26.9 Å². The van der Waals surface area contributed by atoms with Crippen molar-refractivity contribution in [1.82, 2.24) is 0 Å². The van der Waals surface area contributed by atoms with Crippen LogP contribution >= 0.6 is 0 Å². The third-order valence-electron chi connectivity index (χ3n) is 4.41. The van der Waals surface area contributed by atoms with Gasteiger partial charge in [-0.1, -0.05) is 13.8 Å². The Morgan fingerprint density at radius 1 is 1.07 bits per heavy atom. The van der Waals surface area contributed by atoms with Crippen molar-refractivity contribution in [3.63, 3.8) is 0 Å². The first-order chi connectivity index (χ1) is 14.1. The van der Waals surface area contributed by atoms with Crippen LogP contribution < -0.4 is 9.47 Å². The van der Waals surface area contributed by atoms with E-state index < -0.39 is 20.1 Å². The molecule has 2 rings (SSSR count). The van der Waals surface area contributed by atoms with Gasteiger partial charge in [0, 0.05) is 12.1 Å². The first-order valence-electron chi connectivity index (χ1n) is 9.97. The van der Waals surface area contributed by atoms with Crippen LogP contribution in [0.2, 0.25) is 13.1 Å². The monoisotopic (exact) mass is 431 g/mol. The number of aryl methyl sites for hydroxylation is 2. The van der Waals surface area contributed by atoms with E-state index in [4.69, 9.17) is 13.9 Å². The number of carbonyl (C=O) groups is 1. The van der Waals surface area contributed by atoms with Gasteiger partial charge in [0.05, 0.1) is 11.0 Å². The summed E-state index contributed by atoms with van der Waals surface area (Å²) in [6.07, 6.45) is 0.0504. The second-order valence-electron chi connectivity index (χ2n) is 7.99. The van der Waals surface area contributed by atoms with Gasteiger partial charge < -0.3 is 13.9 Å². The molecule has 0 radical (unpaired) electrons. The fraction of sp³-hybridized carbons (Fsp3) is 0.409. The van der Waals surface area contributed by atoms with E-state index in [9.17, 15) is 14.9 Å². The molecule has 0 fully saturated rings. The number of hydrogen-bond donors (Lipinski definition) is 0. The molecule has 2 aromatic carbocycles. The largest absolute Gasteiger partial charge is 0.519 e. The van der Waals surface area contributed by atoms with E-state index in [0.29, 0.717) is 11.7 Å². The molecule has 2 aromatic rings. The van der Waals surface area contributed by atoms with Crippen molar-refractivity contribution < 1.29 is 23.6 Å². The summed E-state index contributed by atoms with van der Waals surface area (Å²) in [6, 6.07) is 9.22. The molecule has 7 nitrogen and oxygen atoms in total. The quantitative estimate of drug-likeness (QED) is 0.171. The Balaban J connectivity index is 2.15. The lowest BCUT2D eigenvalue weighted by molar-refractivity contribution is -0.384. The van der Waals surface area contributed by atoms with Crippen LogP contribution in [0.4, 0.5) is 10.5 Å². The zero-order valence-electron chi connectivity index (χ0n) is 18.3. The van der Waals surface area contributed by atoms with Crippen LogP contribution in [0.15, 0.2) is 36.4 Å². The maximum atomic E-state index is 12.2. The van der Waals surface area contributed by atoms with Gasteiger partial charge in [-0.15, -0.1) is 0 Å². The molecular formula is C22H29NO6Si. The Bertz CT molecular complexity index is 862. The average Bonchev–Trinajstić information content (AvgIpc) is 2.63. The maximum Gasteiger partial charge on any atom is 0.519 e. The second kappa shape index (κ2) is 10.4. The van der Waals surface area contributed by atoms with Gasteiger partial charge in [0.15, 0.2) is 9.04 Å². The van der Waals surface area contributed by atoms with Crippen molar-refractivity contribution in [3.8, 4) is 11.5 Å². The fourth-order valence-electron chi connectivity index (χ4n) is 3.19. The third kappa shape index (κ3) is 6.67. The van der Waals surface area contributed by atoms with Crippen molar-refractivity contribution >= 4 is 20.9 Å². The highest BCUT2D eigenvalue weighted by Crippen LogP contribution is 2.32. The summed E-state index contributed by atoms with van der Waals surface area (Å²) in [5.41, 5.74) is 2.62. The Hall–Kier alpha value is -2.71. The molecule has 0 N–H and O–H groups in total. The van der Waals surface area contributed by atoms with Crippen LogP contribution in [0.25, 0.3) is 0 Å². The number of ether oxygens (including phenoxy) is 2. The van der Waals surface area contributed by atoms with Gasteiger partial charge >= 0.3 is 6.16 Å². The van der Waals surface area contributed by atoms with Crippen LogP contribution in [0.5, 0.6) is 11.5 Å². The van der Waals surface area contributed by atoms with Crippen molar-refractivity contribution in [2.24, 2.45) is 5.92 Å². The number of rotatable bonds is 8. The number of nitro groups is 1. The highest BCUT2D eigenvalue weighted by Gasteiger charge is 2.20. The molecule has 8 heteroatoms. The molecule has 1 atom stereocenters. The van der Waals surface area contributed by atoms with Gasteiger partial charge in [-0.3, -0.25) is 10.1 Å². The molecule has 0 spiro atoms. The van der Waals surface area contributed by atoms with Crippen molar-refractivity contribution in [1.29, 1.82) is 0 Å². The normalized spacial score (nSPS) is 12.1. The predicted molar refractivity (Wildman–Crippen MR) is 118 cm³/mol. The smallest absolute Gasteiger partial charge is 0.414 e. The topological polar surface area (TPSA) is 87.9 Å². The standard InChI is InChI=1S/C22H29NO6Si/c1-14(2)11-20(29-30(5)6)17-12-15(3)21(16(4)13-17)28-22(24)27-19-9-7-18(8-10-19)23(25)26/h7-10,12-14,20,30H,11H2,1-6H3. The van der Waals surface area contributed by atoms with Crippen LogP contribution in [0, 0.1) is 29.9 Å². The van der Waals surface area contributed by atoms with Crippen LogP contribution in [0.3, 0.4) is 0 Å². The number of non-ortho nitro benzene ring substituents is 1. The van der Waals surface area contributed by atoms with E-state index in [1.54, 1.807) is 0 Å². The van der Waals surface area contributed by atoms with Gasteiger partial charge in [-0.25, -0.2) is 4.79 Å². The van der Waals surface area contributed by atoms with E-state index in [0.717, 1.165) is 23.1 Å². The molecule has 0 aromatic heterocycles. The summed E-state index contributed by atoms with van der Waals surface area (Å²) in [4.78, 5) is 22.4. The Morgan fingerprint density at radius 3 is 2.10 bits per heavy atom. The Morgan fingerprint density at radius 2 is 1.63 bits per heavy atom. The number of nitro benzene ring substituents is 1. The van der Waals surface area contributed by atoms with Crippen molar-refractivity contribution in [3.05, 3.63) is 63.2 Å².